The van der Waals surface area contributed by atoms with E-state index < -0.39 is 6.10 Å². The maximum absolute atomic E-state index is 10.5. The number of fused-ring (bicyclic) bond motifs is 1. The van der Waals surface area contributed by atoms with E-state index in [2.05, 4.69) is 9.98 Å². The highest BCUT2D eigenvalue weighted by molar-refractivity contribution is 6.03. The van der Waals surface area contributed by atoms with Gasteiger partial charge in [0, 0.05) is 29.2 Å². The minimum atomic E-state index is -0.654. The van der Waals surface area contributed by atoms with Crippen LogP contribution in [0.25, 0.3) is 0 Å². The van der Waals surface area contributed by atoms with Crippen molar-refractivity contribution >= 4 is 5.71 Å². The number of nitrogens with zero attached hydrogens (tertiary/aromatic N) is 2. The van der Waals surface area contributed by atoms with Crippen molar-refractivity contribution in [3.63, 3.8) is 0 Å². The lowest BCUT2D eigenvalue weighted by Crippen LogP contribution is -2.10. The first-order valence-corrected chi connectivity index (χ1v) is 5.99. The van der Waals surface area contributed by atoms with E-state index in [0.29, 0.717) is 0 Å². The molecule has 1 aromatic rings. The number of aliphatic imine (C=N–C) groups is 1. The highest BCUT2D eigenvalue weighted by atomic mass is 16.3. The number of aliphatic hydroxyl groups excluding tert-OH is 1. The summed E-state index contributed by atoms with van der Waals surface area (Å²) in [5.41, 5.74) is 3.71. The van der Waals surface area contributed by atoms with Crippen LogP contribution in [-0.2, 0) is 0 Å². The quantitative estimate of drug-likeness (QED) is 0.859. The molecule has 0 fully saturated rings. The SMILES string of the molecule is CC1=NC2C=CC=CC2=C1C(O)c1cccnc1. The lowest BCUT2D eigenvalue weighted by molar-refractivity contribution is 0.221. The molecule has 1 aliphatic carbocycles. The van der Waals surface area contributed by atoms with Crippen molar-refractivity contribution in [1.29, 1.82) is 0 Å². The van der Waals surface area contributed by atoms with Gasteiger partial charge in [-0.15, -0.1) is 0 Å². The van der Waals surface area contributed by atoms with Crippen molar-refractivity contribution in [2.24, 2.45) is 4.99 Å². The number of hydrogen-bond donors (Lipinski definition) is 1. The number of allylic oxidation sites excluding steroid dienone is 2. The second-order valence-corrected chi connectivity index (χ2v) is 4.46. The summed E-state index contributed by atoms with van der Waals surface area (Å²) in [6.45, 7) is 1.95. The third-order valence-corrected chi connectivity index (χ3v) is 3.31. The van der Waals surface area contributed by atoms with Crippen molar-refractivity contribution in [3.05, 3.63) is 65.5 Å². The molecule has 1 N–H and O–H groups in total. The van der Waals surface area contributed by atoms with E-state index in [1.165, 1.54) is 0 Å². The van der Waals surface area contributed by atoms with Crippen LogP contribution in [0.2, 0.25) is 0 Å². The third-order valence-electron chi connectivity index (χ3n) is 3.31. The Morgan fingerprint density at radius 3 is 3.00 bits per heavy atom. The summed E-state index contributed by atoms with van der Waals surface area (Å²) < 4.78 is 0. The average molecular weight is 238 g/mol. The number of rotatable bonds is 2. The summed E-state index contributed by atoms with van der Waals surface area (Å²) in [5.74, 6) is 0. The fraction of sp³-hybridized carbons (Fsp3) is 0.200. The number of aliphatic hydroxyl groups is 1. The van der Waals surface area contributed by atoms with Crippen LogP contribution in [0.3, 0.4) is 0 Å². The van der Waals surface area contributed by atoms with Crippen LogP contribution in [0.15, 0.2) is 65.0 Å². The number of aromatic nitrogens is 1. The molecule has 0 radical (unpaired) electrons. The van der Waals surface area contributed by atoms with Crippen molar-refractivity contribution in [2.45, 2.75) is 19.1 Å². The highest BCUT2D eigenvalue weighted by Gasteiger charge is 2.28. The summed E-state index contributed by atoms with van der Waals surface area (Å²) in [7, 11) is 0. The molecule has 0 bridgehead atoms. The maximum atomic E-state index is 10.5. The molecule has 0 saturated heterocycles. The predicted octanol–water partition coefficient (Wildman–Crippen LogP) is 2.38. The van der Waals surface area contributed by atoms with E-state index in [9.17, 15) is 5.11 Å². The van der Waals surface area contributed by atoms with Crippen molar-refractivity contribution in [3.8, 4) is 0 Å². The van der Waals surface area contributed by atoms with E-state index in [0.717, 1.165) is 22.4 Å². The molecule has 1 aliphatic heterocycles. The average Bonchev–Trinajstić information content (AvgIpc) is 2.75. The Labute approximate surface area is 106 Å². The fourth-order valence-corrected chi connectivity index (χ4v) is 2.44. The van der Waals surface area contributed by atoms with Gasteiger partial charge in [0.15, 0.2) is 0 Å². The van der Waals surface area contributed by atoms with Gasteiger partial charge in [0.05, 0.1) is 6.04 Å². The van der Waals surface area contributed by atoms with E-state index in [1.54, 1.807) is 12.4 Å². The molecule has 0 saturated carbocycles. The Balaban J connectivity index is 2.04. The summed E-state index contributed by atoms with van der Waals surface area (Å²) >= 11 is 0. The second kappa shape index (κ2) is 4.35. The largest absolute Gasteiger partial charge is 0.384 e. The van der Waals surface area contributed by atoms with Gasteiger partial charge in [-0.3, -0.25) is 9.98 Å². The Bertz CT molecular complexity index is 582. The Morgan fingerprint density at radius 2 is 2.22 bits per heavy atom. The molecule has 2 atom stereocenters. The van der Waals surface area contributed by atoms with Gasteiger partial charge >= 0.3 is 0 Å². The minimum Gasteiger partial charge on any atom is -0.384 e. The molecule has 90 valence electrons. The molecule has 0 aromatic carbocycles. The monoisotopic (exact) mass is 238 g/mol. The fourth-order valence-electron chi connectivity index (χ4n) is 2.44. The predicted molar refractivity (Wildman–Crippen MR) is 71.4 cm³/mol. The van der Waals surface area contributed by atoms with E-state index in [-0.39, 0.29) is 6.04 Å². The van der Waals surface area contributed by atoms with Gasteiger partial charge in [0.25, 0.3) is 0 Å². The number of pyridine rings is 1. The zero-order valence-electron chi connectivity index (χ0n) is 10.1. The first-order valence-electron chi connectivity index (χ1n) is 5.99. The van der Waals surface area contributed by atoms with E-state index >= 15 is 0 Å². The van der Waals surface area contributed by atoms with Crippen LogP contribution in [-0.4, -0.2) is 21.8 Å². The lowest BCUT2D eigenvalue weighted by atomic mass is 9.92. The second-order valence-electron chi connectivity index (χ2n) is 4.46. The molecule has 2 aliphatic rings. The van der Waals surface area contributed by atoms with Crippen LogP contribution >= 0.6 is 0 Å². The standard InChI is InChI=1S/C15H14N2O/c1-10-14(12-6-2-3-7-13(12)17-10)15(18)11-5-4-8-16-9-11/h2-9,13,15,18H,1H3. The van der Waals surface area contributed by atoms with Gasteiger partial charge in [-0.05, 0) is 18.6 Å². The molecule has 18 heavy (non-hydrogen) atoms. The van der Waals surface area contributed by atoms with Gasteiger partial charge in [-0.1, -0.05) is 30.4 Å². The van der Waals surface area contributed by atoms with Crippen LogP contribution in [0.1, 0.15) is 18.6 Å². The zero-order valence-corrected chi connectivity index (χ0v) is 10.1. The first kappa shape index (κ1) is 11.1. The Kier molecular flexibility index (Phi) is 2.68. The summed E-state index contributed by atoms with van der Waals surface area (Å²) in [6, 6.07) is 3.78. The van der Waals surface area contributed by atoms with Crippen molar-refractivity contribution in [1.82, 2.24) is 4.98 Å². The van der Waals surface area contributed by atoms with E-state index in [1.807, 2.05) is 43.4 Å². The molecule has 1 aromatic heterocycles. The highest BCUT2D eigenvalue weighted by Crippen LogP contribution is 2.34. The lowest BCUT2D eigenvalue weighted by Gasteiger charge is -2.15. The molecule has 0 amide bonds. The maximum Gasteiger partial charge on any atom is 0.108 e. The smallest absolute Gasteiger partial charge is 0.108 e. The molecule has 0 spiro atoms. The third kappa shape index (κ3) is 1.73. The Morgan fingerprint density at radius 1 is 1.33 bits per heavy atom. The molecule has 3 nitrogen and oxygen atoms in total. The minimum absolute atomic E-state index is 0.0660. The van der Waals surface area contributed by atoms with Crippen LogP contribution in [0.5, 0.6) is 0 Å². The number of hydrogen-bond acceptors (Lipinski definition) is 3. The normalized spacial score (nSPS) is 23.0. The summed E-state index contributed by atoms with van der Waals surface area (Å²) in [5, 5.41) is 10.5. The van der Waals surface area contributed by atoms with Crippen LogP contribution in [0, 0.1) is 0 Å². The summed E-state index contributed by atoms with van der Waals surface area (Å²) in [4.78, 5) is 8.61. The van der Waals surface area contributed by atoms with Crippen LogP contribution in [0.4, 0.5) is 0 Å². The Hall–Kier alpha value is -2.00. The molecular weight excluding hydrogens is 224 g/mol. The van der Waals surface area contributed by atoms with Gasteiger partial charge in [-0.25, -0.2) is 0 Å². The molecule has 3 rings (SSSR count). The first-order chi connectivity index (χ1) is 8.77. The van der Waals surface area contributed by atoms with Crippen molar-refractivity contribution < 1.29 is 5.11 Å². The molecule has 2 unspecified atom stereocenters. The van der Waals surface area contributed by atoms with Gasteiger partial charge in [0.1, 0.15) is 6.10 Å². The summed E-state index contributed by atoms with van der Waals surface area (Å²) in [6.07, 6.45) is 10.8. The molecular formula is C15H14N2O. The van der Waals surface area contributed by atoms with Crippen molar-refractivity contribution in [2.75, 3.05) is 0 Å². The van der Waals surface area contributed by atoms with Crippen LogP contribution < -0.4 is 0 Å². The zero-order chi connectivity index (χ0) is 12.5. The van der Waals surface area contributed by atoms with E-state index in [4.69, 9.17) is 0 Å². The topological polar surface area (TPSA) is 45.5 Å². The van der Waals surface area contributed by atoms with Gasteiger partial charge < -0.3 is 5.11 Å². The van der Waals surface area contributed by atoms with Gasteiger partial charge in [-0.2, -0.15) is 0 Å². The molecule has 3 heteroatoms. The van der Waals surface area contributed by atoms with Gasteiger partial charge in [0.2, 0.25) is 0 Å². The molecule has 2 heterocycles.